The zero-order chi connectivity index (χ0) is 33.9. The molecular weight excluding hydrogens is 623 g/mol. The number of ether oxygens (including phenoxy) is 1. The molecule has 0 saturated carbocycles. The molecule has 1 aliphatic rings. The minimum atomic E-state index is 0.617. The van der Waals surface area contributed by atoms with Crippen molar-refractivity contribution in [2.75, 3.05) is 4.90 Å². The first-order valence-corrected chi connectivity index (χ1v) is 17.1. The standard InChI is InChI=1S/C47H29N3O/c48-30-31-16-20-35(21-17-31)49(38-25-27-41-42-13-6-10-34-11-7-15-45(47(34)42)51-46(41)29-38)37-24-26-40-39-12-4-5-14-43(39)50(44(40)28-37)36-22-18-33(19-23-36)32-8-2-1-3-9-32/h1-29H. The molecule has 0 saturated heterocycles. The summed E-state index contributed by atoms with van der Waals surface area (Å²) >= 11 is 0. The van der Waals surface area contributed by atoms with E-state index in [0.717, 1.165) is 61.6 Å². The highest BCUT2D eigenvalue weighted by atomic mass is 16.5. The molecule has 1 aromatic heterocycles. The number of nitrogens with zero attached hydrogens (tertiary/aromatic N) is 3. The lowest BCUT2D eigenvalue weighted by atomic mass is 9.94. The van der Waals surface area contributed by atoms with Crippen molar-refractivity contribution in [3.63, 3.8) is 0 Å². The summed E-state index contributed by atoms with van der Waals surface area (Å²) in [4.78, 5) is 2.24. The van der Waals surface area contributed by atoms with E-state index >= 15 is 0 Å². The van der Waals surface area contributed by atoms with Crippen molar-refractivity contribution < 1.29 is 4.74 Å². The SMILES string of the molecule is N#Cc1ccc(N(c2ccc3c(c2)Oc2cccc4cccc-3c24)c2ccc3c4ccccc4n(-c4ccc(-c5ccccc5)cc4)c3c2)cc1. The van der Waals surface area contributed by atoms with Gasteiger partial charge in [0.05, 0.1) is 22.7 Å². The fraction of sp³-hybridized carbons (Fsp3) is 0. The van der Waals surface area contributed by atoms with Crippen LogP contribution in [0.15, 0.2) is 176 Å². The third-order valence-electron chi connectivity index (χ3n) is 10.0. The zero-order valence-electron chi connectivity index (χ0n) is 27.5. The Balaban J connectivity index is 1.15. The number of benzene rings is 8. The van der Waals surface area contributed by atoms with Crippen molar-refractivity contribution in [1.82, 2.24) is 4.57 Å². The average Bonchev–Trinajstić information content (AvgIpc) is 3.52. The molecular formula is C47H29N3O. The van der Waals surface area contributed by atoms with Crippen LogP contribution in [0, 0.1) is 11.3 Å². The summed E-state index contributed by atoms with van der Waals surface area (Å²) in [6.07, 6.45) is 0. The van der Waals surface area contributed by atoms with Gasteiger partial charge in [-0.3, -0.25) is 0 Å². The van der Waals surface area contributed by atoms with Crippen molar-refractivity contribution in [3.05, 3.63) is 181 Å². The van der Waals surface area contributed by atoms with Crippen molar-refractivity contribution in [2.24, 2.45) is 0 Å². The van der Waals surface area contributed by atoms with Gasteiger partial charge in [0.25, 0.3) is 0 Å². The molecule has 238 valence electrons. The molecule has 2 heterocycles. The van der Waals surface area contributed by atoms with E-state index in [1.807, 2.05) is 42.5 Å². The fourth-order valence-electron chi connectivity index (χ4n) is 7.63. The Morgan fingerprint density at radius 3 is 2.00 bits per heavy atom. The van der Waals surface area contributed by atoms with Gasteiger partial charge in [0, 0.05) is 50.5 Å². The van der Waals surface area contributed by atoms with Crippen LogP contribution in [0.4, 0.5) is 17.1 Å². The van der Waals surface area contributed by atoms with Crippen LogP contribution >= 0.6 is 0 Å². The number of fused-ring (bicyclic) bond motifs is 5. The van der Waals surface area contributed by atoms with Crippen LogP contribution in [0.25, 0.3) is 60.5 Å². The Morgan fingerprint density at radius 2 is 1.18 bits per heavy atom. The Labute approximate surface area is 295 Å². The van der Waals surface area contributed by atoms with Crippen molar-refractivity contribution in [1.29, 1.82) is 5.26 Å². The molecule has 4 nitrogen and oxygen atoms in total. The first kappa shape index (κ1) is 28.9. The second kappa shape index (κ2) is 11.5. The van der Waals surface area contributed by atoms with Crippen molar-refractivity contribution in [2.45, 2.75) is 0 Å². The number of nitriles is 1. The first-order chi connectivity index (χ1) is 25.2. The molecule has 0 unspecified atom stereocenters. The Bertz CT molecular complexity index is 2820. The molecule has 0 fully saturated rings. The molecule has 8 aromatic carbocycles. The summed E-state index contributed by atoms with van der Waals surface area (Å²) in [5.74, 6) is 1.67. The topological polar surface area (TPSA) is 41.2 Å². The Morgan fingerprint density at radius 1 is 0.490 bits per heavy atom. The van der Waals surface area contributed by atoms with Gasteiger partial charge in [0.15, 0.2) is 0 Å². The molecule has 51 heavy (non-hydrogen) atoms. The van der Waals surface area contributed by atoms with Crippen LogP contribution < -0.4 is 9.64 Å². The maximum atomic E-state index is 9.60. The molecule has 4 heteroatoms. The Hall–Kier alpha value is -7.09. The number of para-hydroxylation sites is 1. The molecule has 0 spiro atoms. The monoisotopic (exact) mass is 651 g/mol. The summed E-state index contributed by atoms with van der Waals surface area (Å²) in [7, 11) is 0. The largest absolute Gasteiger partial charge is 0.456 e. The molecule has 10 rings (SSSR count). The molecule has 0 atom stereocenters. The van der Waals surface area contributed by atoms with Gasteiger partial charge in [0.2, 0.25) is 0 Å². The van der Waals surface area contributed by atoms with Crippen LogP contribution in [0.2, 0.25) is 0 Å². The van der Waals surface area contributed by atoms with Crippen LogP contribution in [0.1, 0.15) is 5.56 Å². The second-order valence-electron chi connectivity index (χ2n) is 12.9. The maximum absolute atomic E-state index is 9.60. The van der Waals surface area contributed by atoms with E-state index in [1.54, 1.807) is 0 Å². The van der Waals surface area contributed by atoms with E-state index in [4.69, 9.17) is 4.74 Å². The van der Waals surface area contributed by atoms with Gasteiger partial charge in [-0.05, 0) is 94.9 Å². The molecule has 1 aliphatic heterocycles. The van der Waals surface area contributed by atoms with Crippen LogP contribution in [-0.2, 0) is 0 Å². The minimum Gasteiger partial charge on any atom is -0.456 e. The minimum absolute atomic E-state index is 0.617. The number of anilines is 3. The lowest BCUT2D eigenvalue weighted by Crippen LogP contribution is -2.11. The Kier molecular flexibility index (Phi) is 6.52. The van der Waals surface area contributed by atoms with Crippen LogP contribution in [0.3, 0.4) is 0 Å². The van der Waals surface area contributed by atoms with Crippen LogP contribution in [-0.4, -0.2) is 4.57 Å². The van der Waals surface area contributed by atoms with Crippen molar-refractivity contribution in [3.8, 4) is 45.5 Å². The molecule has 0 radical (unpaired) electrons. The predicted molar refractivity (Wildman–Crippen MR) is 209 cm³/mol. The van der Waals surface area contributed by atoms with Gasteiger partial charge in [-0.2, -0.15) is 5.26 Å². The van der Waals surface area contributed by atoms with Gasteiger partial charge in [0.1, 0.15) is 11.5 Å². The second-order valence-corrected chi connectivity index (χ2v) is 12.9. The molecule has 0 bridgehead atoms. The lowest BCUT2D eigenvalue weighted by Gasteiger charge is -2.28. The van der Waals surface area contributed by atoms with Gasteiger partial charge in [-0.15, -0.1) is 0 Å². The highest BCUT2D eigenvalue weighted by molar-refractivity contribution is 6.10. The molecule has 0 aliphatic carbocycles. The van der Waals surface area contributed by atoms with Gasteiger partial charge < -0.3 is 14.2 Å². The number of hydrogen-bond donors (Lipinski definition) is 0. The highest BCUT2D eigenvalue weighted by Gasteiger charge is 2.23. The summed E-state index contributed by atoms with van der Waals surface area (Å²) < 4.78 is 8.96. The maximum Gasteiger partial charge on any atom is 0.137 e. The fourth-order valence-corrected chi connectivity index (χ4v) is 7.63. The summed E-state index contributed by atoms with van der Waals surface area (Å²) in [6, 6.07) is 63.7. The van der Waals surface area contributed by atoms with Gasteiger partial charge in [-0.1, -0.05) is 97.1 Å². The third-order valence-corrected chi connectivity index (χ3v) is 10.0. The summed E-state index contributed by atoms with van der Waals surface area (Å²) in [6.45, 7) is 0. The van der Waals surface area contributed by atoms with E-state index in [0.29, 0.717) is 5.56 Å². The number of aromatic nitrogens is 1. The lowest BCUT2D eigenvalue weighted by molar-refractivity contribution is 0.487. The summed E-state index contributed by atoms with van der Waals surface area (Å²) in [5.41, 5.74) is 11.5. The smallest absolute Gasteiger partial charge is 0.137 e. The predicted octanol–water partition coefficient (Wildman–Crippen LogP) is 12.7. The van der Waals surface area contributed by atoms with E-state index in [2.05, 4.69) is 149 Å². The summed E-state index contributed by atoms with van der Waals surface area (Å²) in [5, 5.41) is 14.3. The van der Waals surface area contributed by atoms with Crippen molar-refractivity contribution >= 4 is 49.6 Å². The highest BCUT2D eigenvalue weighted by Crippen LogP contribution is 2.49. The molecule has 0 N–H and O–H groups in total. The van der Waals surface area contributed by atoms with E-state index in [-0.39, 0.29) is 0 Å². The quantitative estimate of drug-likeness (QED) is 0.186. The number of rotatable bonds is 5. The van der Waals surface area contributed by atoms with E-state index in [9.17, 15) is 5.26 Å². The molecule has 9 aromatic rings. The van der Waals surface area contributed by atoms with Crippen LogP contribution in [0.5, 0.6) is 11.5 Å². The van der Waals surface area contributed by atoms with Gasteiger partial charge >= 0.3 is 0 Å². The van der Waals surface area contributed by atoms with Gasteiger partial charge in [-0.25, -0.2) is 0 Å². The average molecular weight is 652 g/mol. The van der Waals surface area contributed by atoms with E-state index < -0.39 is 0 Å². The normalized spacial score (nSPS) is 11.7. The van der Waals surface area contributed by atoms with E-state index in [1.165, 1.54) is 27.5 Å². The molecule has 0 amide bonds. The zero-order valence-corrected chi connectivity index (χ0v) is 27.5. The first-order valence-electron chi connectivity index (χ1n) is 17.1. The third kappa shape index (κ3) is 4.68. The number of hydrogen-bond acceptors (Lipinski definition) is 3.